The Labute approximate surface area is 180 Å². The summed E-state index contributed by atoms with van der Waals surface area (Å²) in [5.41, 5.74) is 1.64. The normalized spacial score (nSPS) is 15.2. The van der Waals surface area contributed by atoms with Crippen LogP contribution in [0.15, 0.2) is 24.3 Å². The number of pyridine rings is 1. The Kier molecular flexibility index (Phi) is 6.80. The maximum Gasteiger partial charge on any atom is 0.404 e. The zero-order valence-electron chi connectivity index (χ0n) is 17.7. The number of amides is 1. The van der Waals surface area contributed by atoms with Gasteiger partial charge in [0, 0.05) is 17.8 Å². The lowest BCUT2D eigenvalue weighted by molar-refractivity contribution is 0.180. The van der Waals surface area contributed by atoms with Crippen molar-refractivity contribution < 1.29 is 19.0 Å². The molecule has 3 rings (SSSR count). The van der Waals surface area contributed by atoms with E-state index in [9.17, 15) is 14.4 Å². The molecule has 4 N–H and O–H groups in total. The molecule has 0 spiro atoms. The van der Waals surface area contributed by atoms with Crippen molar-refractivity contribution in [2.24, 2.45) is 5.92 Å². The number of hydrogen-bond donors (Lipinski definition) is 4. The van der Waals surface area contributed by atoms with E-state index >= 15 is 0 Å². The van der Waals surface area contributed by atoms with E-state index in [1.807, 2.05) is 25.1 Å². The van der Waals surface area contributed by atoms with Crippen LogP contribution in [0.5, 0.6) is 5.75 Å². The largest absolute Gasteiger partial charge is 0.496 e. The topological polar surface area (TPSA) is 119 Å². The highest BCUT2D eigenvalue weighted by molar-refractivity contribution is 5.67. The number of nitrogens with one attached hydrogen (secondary N) is 3. The van der Waals surface area contributed by atoms with Gasteiger partial charge in [-0.2, -0.15) is 5.26 Å². The van der Waals surface area contributed by atoms with Gasteiger partial charge in [0.1, 0.15) is 11.8 Å². The first-order valence-corrected chi connectivity index (χ1v) is 10.1. The van der Waals surface area contributed by atoms with E-state index in [0.29, 0.717) is 11.4 Å². The van der Waals surface area contributed by atoms with Crippen LogP contribution in [0.25, 0.3) is 0 Å². The number of aryl methyl sites for hydroxylation is 1. The highest BCUT2D eigenvalue weighted by atomic mass is 19.1. The van der Waals surface area contributed by atoms with E-state index in [2.05, 4.69) is 20.9 Å². The number of ether oxygens (including phenoxy) is 1. The first kappa shape index (κ1) is 22.2. The van der Waals surface area contributed by atoms with Crippen LogP contribution in [-0.4, -0.2) is 35.4 Å². The third-order valence-corrected chi connectivity index (χ3v) is 5.62. The minimum atomic E-state index is -1.14. The highest BCUT2D eigenvalue weighted by Gasteiger charge is 2.33. The summed E-state index contributed by atoms with van der Waals surface area (Å²) < 4.78 is 20.1. The average molecular weight is 427 g/mol. The fraction of sp³-hybridized carbons (Fsp3) is 0.409. The van der Waals surface area contributed by atoms with Crippen LogP contribution in [-0.2, 0) is 0 Å². The molecule has 1 amide bonds. The van der Waals surface area contributed by atoms with Gasteiger partial charge >= 0.3 is 6.09 Å². The van der Waals surface area contributed by atoms with Gasteiger partial charge < -0.3 is 25.8 Å². The highest BCUT2D eigenvalue weighted by Crippen LogP contribution is 2.34. The predicted octanol–water partition coefficient (Wildman–Crippen LogP) is 4.39. The summed E-state index contributed by atoms with van der Waals surface area (Å²) in [6.07, 6.45) is 1.77. The van der Waals surface area contributed by atoms with Gasteiger partial charge in [0.2, 0.25) is 0 Å². The Morgan fingerprint density at radius 1 is 1.35 bits per heavy atom. The number of halogens is 1. The van der Waals surface area contributed by atoms with Crippen LogP contribution >= 0.6 is 0 Å². The van der Waals surface area contributed by atoms with Crippen LogP contribution in [0.4, 0.5) is 26.5 Å². The van der Waals surface area contributed by atoms with Crippen LogP contribution in [0, 0.1) is 30.0 Å². The molecule has 2 aromatic rings. The Balaban J connectivity index is 1.90. The minimum absolute atomic E-state index is 0.0310. The molecule has 164 valence electrons. The third kappa shape index (κ3) is 5.15. The molecular weight excluding hydrogens is 401 g/mol. The predicted molar refractivity (Wildman–Crippen MR) is 115 cm³/mol. The van der Waals surface area contributed by atoms with Gasteiger partial charge in [-0.15, -0.1) is 0 Å². The van der Waals surface area contributed by atoms with E-state index in [4.69, 9.17) is 9.84 Å². The second-order valence-corrected chi connectivity index (χ2v) is 7.74. The molecule has 1 aliphatic carbocycles. The number of hydrogen-bond acceptors (Lipinski definition) is 6. The summed E-state index contributed by atoms with van der Waals surface area (Å²) in [6.45, 7) is 3.65. The molecule has 9 heteroatoms. The van der Waals surface area contributed by atoms with Gasteiger partial charge in [-0.1, -0.05) is 12.5 Å². The molecule has 1 fully saturated rings. The number of carboxylic acid groups (broad SMARTS) is 1. The summed E-state index contributed by atoms with van der Waals surface area (Å²) >= 11 is 0. The van der Waals surface area contributed by atoms with Gasteiger partial charge in [0.25, 0.3) is 0 Å². The molecule has 0 radical (unpaired) electrons. The van der Waals surface area contributed by atoms with Gasteiger partial charge in [0.15, 0.2) is 17.5 Å². The van der Waals surface area contributed by atoms with Gasteiger partial charge in [-0.3, -0.25) is 0 Å². The van der Waals surface area contributed by atoms with E-state index < -0.39 is 18.0 Å². The quantitative estimate of drug-likeness (QED) is 0.493. The van der Waals surface area contributed by atoms with Crippen molar-refractivity contribution >= 4 is 23.4 Å². The molecule has 0 saturated heterocycles. The van der Waals surface area contributed by atoms with Crippen LogP contribution in [0.1, 0.15) is 37.3 Å². The van der Waals surface area contributed by atoms with E-state index in [0.717, 1.165) is 30.9 Å². The van der Waals surface area contributed by atoms with Gasteiger partial charge in [0.05, 0.1) is 18.7 Å². The lowest BCUT2D eigenvalue weighted by Crippen LogP contribution is -2.50. The second kappa shape index (κ2) is 9.51. The van der Waals surface area contributed by atoms with E-state index in [1.165, 1.54) is 0 Å². The molecule has 1 aromatic carbocycles. The summed E-state index contributed by atoms with van der Waals surface area (Å²) in [5.74, 6) is 0.370. The number of benzene rings is 1. The monoisotopic (exact) mass is 427 g/mol. The third-order valence-electron chi connectivity index (χ3n) is 5.62. The fourth-order valence-corrected chi connectivity index (χ4v) is 3.70. The number of rotatable bonds is 8. The van der Waals surface area contributed by atoms with Crippen molar-refractivity contribution in [1.82, 2.24) is 10.3 Å². The number of aromatic nitrogens is 1. The van der Waals surface area contributed by atoms with E-state index in [-0.39, 0.29) is 29.2 Å². The SMILES string of the molecule is COc1cc(Nc2nc(N[C@@H](C3CCC3)[C@H](C)NC(=O)O)c(F)cc2C#N)ccc1C. The first-order valence-electron chi connectivity index (χ1n) is 10.1. The molecule has 1 heterocycles. The molecule has 31 heavy (non-hydrogen) atoms. The summed E-state index contributed by atoms with van der Waals surface area (Å²) in [6, 6.07) is 7.75. The number of nitriles is 1. The fourth-order valence-electron chi connectivity index (χ4n) is 3.70. The molecule has 1 aromatic heterocycles. The van der Waals surface area contributed by atoms with Crippen molar-refractivity contribution in [3.63, 3.8) is 0 Å². The molecule has 0 aliphatic heterocycles. The summed E-state index contributed by atoms with van der Waals surface area (Å²) in [5, 5.41) is 27.1. The minimum Gasteiger partial charge on any atom is -0.496 e. The first-order chi connectivity index (χ1) is 14.8. The Morgan fingerprint density at radius 3 is 2.68 bits per heavy atom. The molecule has 0 bridgehead atoms. The Morgan fingerprint density at radius 2 is 2.10 bits per heavy atom. The van der Waals surface area contributed by atoms with Gasteiger partial charge in [-0.05, 0) is 50.3 Å². The Hall–Kier alpha value is -3.54. The van der Waals surface area contributed by atoms with Crippen molar-refractivity contribution in [3.05, 3.63) is 41.2 Å². The van der Waals surface area contributed by atoms with Gasteiger partial charge in [-0.25, -0.2) is 14.2 Å². The zero-order valence-corrected chi connectivity index (χ0v) is 17.7. The smallest absolute Gasteiger partial charge is 0.404 e. The average Bonchev–Trinajstić information content (AvgIpc) is 2.68. The maximum absolute atomic E-state index is 14.7. The van der Waals surface area contributed by atoms with Crippen molar-refractivity contribution in [3.8, 4) is 11.8 Å². The Bertz CT molecular complexity index is 1000. The number of methoxy groups -OCH3 is 1. The van der Waals surface area contributed by atoms with Crippen molar-refractivity contribution in [2.45, 2.75) is 45.2 Å². The number of anilines is 3. The van der Waals surface area contributed by atoms with Crippen LogP contribution < -0.4 is 20.7 Å². The molecule has 2 atom stereocenters. The lowest BCUT2D eigenvalue weighted by Gasteiger charge is -2.38. The van der Waals surface area contributed by atoms with Crippen LogP contribution in [0.3, 0.4) is 0 Å². The molecular formula is C22H26FN5O3. The second-order valence-electron chi connectivity index (χ2n) is 7.74. The number of carbonyl (C=O) groups is 1. The standard InChI is InChI=1S/C22H26FN5O3/c1-12-7-8-16(10-18(12)31-3)26-20-15(11-24)9-17(23)21(28-20)27-19(14-5-4-6-14)13(2)25-22(29)30/h7-10,13-14,19,25H,4-6H2,1-3H3,(H,29,30)(H2,26,27,28)/t13-,19+/m0/s1. The van der Waals surface area contributed by atoms with Crippen molar-refractivity contribution in [2.75, 3.05) is 17.7 Å². The molecule has 1 aliphatic rings. The molecule has 0 unspecified atom stereocenters. The van der Waals surface area contributed by atoms with E-state index in [1.54, 1.807) is 20.1 Å². The summed E-state index contributed by atoms with van der Waals surface area (Å²) in [4.78, 5) is 15.4. The number of nitrogens with zero attached hydrogens (tertiary/aromatic N) is 2. The molecule has 1 saturated carbocycles. The molecule has 8 nitrogen and oxygen atoms in total. The summed E-state index contributed by atoms with van der Waals surface area (Å²) in [7, 11) is 1.57. The maximum atomic E-state index is 14.7. The van der Waals surface area contributed by atoms with Crippen LogP contribution in [0.2, 0.25) is 0 Å². The lowest BCUT2D eigenvalue weighted by atomic mass is 9.77. The van der Waals surface area contributed by atoms with Crippen molar-refractivity contribution in [1.29, 1.82) is 5.26 Å². The zero-order chi connectivity index (χ0) is 22.5.